The van der Waals surface area contributed by atoms with Crippen molar-refractivity contribution in [2.24, 2.45) is 0 Å². The van der Waals surface area contributed by atoms with E-state index in [1.807, 2.05) is 18.0 Å². The van der Waals surface area contributed by atoms with E-state index in [-0.39, 0.29) is 23.3 Å². The molecule has 0 aliphatic carbocycles. The van der Waals surface area contributed by atoms with Gasteiger partial charge in [0.05, 0.1) is 5.52 Å². The minimum atomic E-state index is -1.55. The summed E-state index contributed by atoms with van der Waals surface area (Å²) in [6.07, 6.45) is 0.396. The van der Waals surface area contributed by atoms with Crippen LogP contribution in [0.25, 0.3) is 10.9 Å². The molecule has 194 valence electrons. The molecule has 2 aromatic heterocycles. The Bertz CT molecular complexity index is 1480. The minimum Gasteiger partial charge on any atom is -0.464 e. The van der Waals surface area contributed by atoms with Crippen molar-refractivity contribution in [3.63, 3.8) is 0 Å². The van der Waals surface area contributed by atoms with Gasteiger partial charge in [-0.25, -0.2) is 19.4 Å². The van der Waals surface area contributed by atoms with Gasteiger partial charge in [-0.3, -0.25) is 4.57 Å². The molecule has 0 atom stereocenters. The normalized spacial score (nSPS) is 13.8. The number of likely N-dealkylation sites (N-methyl/N-ethyl adjacent to an activating group) is 1. The molecule has 0 unspecified atom stereocenters. The molecular weight excluding hydrogens is 490 g/mol. The van der Waals surface area contributed by atoms with E-state index in [4.69, 9.17) is 9.47 Å². The minimum absolute atomic E-state index is 0.0725. The number of para-hydroxylation sites is 1. The number of hydrogen-bond donors (Lipinski definition) is 1. The number of fused-ring (bicyclic) bond motifs is 1. The van der Waals surface area contributed by atoms with E-state index in [9.17, 15) is 19.5 Å². The van der Waals surface area contributed by atoms with Crippen molar-refractivity contribution >= 4 is 34.9 Å². The number of rotatable bonds is 4. The van der Waals surface area contributed by atoms with Gasteiger partial charge in [0.25, 0.3) is 0 Å². The van der Waals surface area contributed by atoms with Crippen molar-refractivity contribution in [3.8, 4) is 17.2 Å². The average Bonchev–Trinajstić information content (AvgIpc) is 3.33. The van der Waals surface area contributed by atoms with E-state index in [2.05, 4.69) is 9.88 Å². The van der Waals surface area contributed by atoms with Crippen LogP contribution in [0.3, 0.4) is 0 Å². The van der Waals surface area contributed by atoms with E-state index in [1.54, 1.807) is 53.2 Å². The zero-order valence-electron chi connectivity index (χ0n) is 20.6. The Morgan fingerprint density at radius 3 is 2.37 bits per heavy atom. The van der Waals surface area contributed by atoms with Crippen molar-refractivity contribution in [1.82, 2.24) is 19.4 Å². The number of amides is 3. The van der Waals surface area contributed by atoms with Gasteiger partial charge >= 0.3 is 18.2 Å². The van der Waals surface area contributed by atoms with Gasteiger partial charge in [-0.15, -0.1) is 0 Å². The lowest BCUT2D eigenvalue weighted by atomic mass is 10.2. The first-order chi connectivity index (χ1) is 18.4. The number of nitrogens with zero attached hydrogens (tertiary/aromatic N) is 5. The second kappa shape index (κ2) is 10.6. The summed E-state index contributed by atoms with van der Waals surface area (Å²) in [4.78, 5) is 45.9. The summed E-state index contributed by atoms with van der Waals surface area (Å²) in [5.74, 6) is 0.748. The molecule has 2 aromatic carbocycles. The highest BCUT2D eigenvalue weighted by Crippen LogP contribution is 2.29. The number of imide groups is 1. The van der Waals surface area contributed by atoms with Crippen LogP contribution in [0, 0.1) is 0 Å². The molecule has 11 heteroatoms. The summed E-state index contributed by atoms with van der Waals surface area (Å²) in [6.45, 7) is 3.01. The smallest absolute Gasteiger partial charge is 0.430 e. The topological polar surface area (TPSA) is 117 Å². The van der Waals surface area contributed by atoms with Gasteiger partial charge in [0.1, 0.15) is 17.2 Å². The Kier molecular flexibility index (Phi) is 6.92. The highest BCUT2D eigenvalue weighted by molar-refractivity contribution is 6.08. The van der Waals surface area contributed by atoms with Crippen molar-refractivity contribution in [1.29, 1.82) is 0 Å². The highest BCUT2D eigenvalue weighted by atomic mass is 16.6. The lowest BCUT2D eigenvalue weighted by molar-refractivity contribution is 0.156. The Balaban J connectivity index is 1.33. The molecule has 1 N–H and O–H groups in total. The standard InChI is InChI=1S/C27H25N5O6/c1-29-13-15-30(16-14-29)25(33)31-12-10-19-17-21(7-8-23(19)31)37-22-9-11-28-24(18-22)32(26(34)35)27(36)38-20-5-3-2-4-6-20/h2-12,17-18H,13-16H2,1H3,(H,34,35). The number of anilines is 1. The maximum absolute atomic E-state index is 13.0. The quantitative estimate of drug-likeness (QED) is 0.415. The van der Waals surface area contributed by atoms with Gasteiger partial charge in [0.2, 0.25) is 0 Å². The molecule has 3 heterocycles. The van der Waals surface area contributed by atoms with Crippen LogP contribution >= 0.6 is 0 Å². The van der Waals surface area contributed by atoms with Gasteiger partial charge in [-0.2, -0.15) is 4.90 Å². The summed E-state index contributed by atoms with van der Waals surface area (Å²) >= 11 is 0. The number of aromatic nitrogens is 2. The van der Waals surface area contributed by atoms with Gasteiger partial charge in [0.15, 0.2) is 5.82 Å². The Labute approximate surface area is 218 Å². The van der Waals surface area contributed by atoms with Crippen LogP contribution in [0.15, 0.2) is 79.1 Å². The highest BCUT2D eigenvalue weighted by Gasteiger charge is 2.27. The molecule has 0 radical (unpaired) electrons. The van der Waals surface area contributed by atoms with Crippen LogP contribution in [-0.4, -0.2) is 75.9 Å². The molecule has 1 aliphatic rings. The van der Waals surface area contributed by atoms with Crippen LogP contribution in [0.4, 0.5) is 20.2 Å². The lowest BCUT2D eigenvalue weighted by Gasteiger charge is -2.32. The van der Waals surface area contributed by atoms with Crippen LogP contribution < -0.4 is 14.4 Å². The Hall–Kier alpha value is -4.90. The average molecular weight is 516 g/mol. The first kappa shape index (κ1) is 24.8. The third-order valence-electron chi connectivity index (χ3n) is 6.15. The first-order valence-electron chi connectivity index (χ1n) is 11.9. The van der Waals surface area contributed by atoms with E-state index in [1.165, 1.54) is 24.4 Å². The molecule has 38 heavy (non-hydrogen) atoms. The van der Waals surface area contributed by atoms with Gasteiger partial charge in [0, 0.05) is 50.0 Å². The van der Waals surface area contributed by atoms with Crippen molar-refractivity contribution in [2.45, 2.75) is 0 Å². The summed E-state index contributed by atoms with van der Waals surface area (Å²) in [7, 11) is 2.04. The fourth-order valence-electron chi connectivity index (χ4n) is 4.13. The summed E-state index contributed by atoms with van der Waals surface area (Å²) in [5.41, 5.74) is 0.748. The zero-order valence-corrected chi connectivity index (χ0v) is 20.6. The molecule has 1 fully saturated rings. The van der Waals surface area contributed by atoms with Gasteiger partial charge < -0.3 is 24.4 Å². The molecule has 4 aromatic rings. The van der Waals surface area contributed by atoms with Gasteiger partial charge in [-0.1, -0.05) is 18.2 Å². The molecule has 5 rings (SSSR count). The number of carboxylic acid groups (broad SMARTS) is 1. The Morgan fingerprint density at radius 2 is 1.63 bits per heavy atom. The zero-order chi connectivity index (χ0) is 26.6. The molecule has 0 spiro atoms. The number of pyridine rings is 1. The maximum Gasteiger partial charge on any atom is 0.430 e. The van der Waals surface area contributed by atoms with E-state index >= 15 is 0 Å². The van der Waals surface area contributed by atoms with E-state index in [0.29, 0.717) is 23.7 Å². The molecule has 1 aliphatic heterocycles. The third kappa shape index (κ3) is 5.27. The number of hydrogen-bond acceptors (Lipinski definition) is 7. The second-order valence-corrected chi connectivity index (χ2v) is 8.73. The van der Waals surface area contributed by atoms with Crippen molar-refractivity contribution < 1.29 is 29.0 Å². The molecular formula is C27H25N5O6. The number of ether oxygens (including phenoxy) is 2. The fraction of sp³-hybridized carbons (Fsp3) is 0.185. The number of carbonyl (C=O) groups excluding carboxylic acids is 2. The van der Waals surface area contributed by atoms with E-state index in [0.717, 1.165) is 24.0 Å². The lowest BCUT2D eigenvalue weighted by Crippen LogP contribution is -2.48. The third-order valence-corrected chi connectivity index (χ3v) is 6.15. The molecule has 3 amide bonds. The summed E-state index contributed by atoms with van der Waals surface area (Å²) in [5, 5.41) is 10.4. The van der Waals surface area contributed by atoms with E-state index < -0.39 is 12.2 Å². The van der Waals surface area contributed by atoms with Crippen LogP contribution in [0.5, 0.6) is 17.2 Å². The van der Waals surface area contributed by atoms with Gasteiger partial charge in [-0.05, 0) is 49.5 Å². The number of benzene rings is 2. The molecule has 0 saturated carbocycles. The second-order valence-electron chi connectivity index (χ2n) is 8.73. The van der Waals surface area contributed by atoms with Crippen molar-refractivity contribution in [2.75, 3.05) is 38.1 Å². The molecule has 11 nitrogen and oxygen atoms in total. The van der Waals surface area contributed by atoms with Crippen molar-refractivity contribution in [3.05, 3.63) is 79.1 Å². The predicted octanol–water partition coefficient (Wildman–Crippen LogP) is 4.73. The Morgan fingerprint density at radius 1 is 0.895 bits per heavy atom. The van der Waals surface area contributed by atoms with Crippen LogP contribution in [-0.2, 0) is 0 Å². The number of piperazine rings is 1. The van der Waals surface area contributed by atoms with Crippen LogP contribution in [0.2, 0.25) is 0 Å². The summed E-state index contributed by atoms with van der Waals surface area (Å²) < 4.78 is 12.7. The number of carbonyl (C=O) groups is 3. The fourth-order valence-corrected chi connectivity index (χ4v) is 4.13. The predicted molar refractivity (Wildman–Crippen MR) is 139 cm³/mol. The maximum atomic E-state index is 13.0. The monoisotopic (exact) mass is 515 g/mol. The molecule has 0 bridgehead atoms. The first-order valence-corrected chi connectivity index (χ1v) is 11.9. The molecule has 1 saturated heterocycles. The SMILES string of the molecule is CN1CCN(C(=O)n2ccc3cc(Oc4ccnc(N(C(=O)O)C(=O)Oc5ccccc5)c4)ccc32)CC1. The van der Waals surface area contributed by atoms with Crippen LogP contribution in [0.1, 0.15) is 0 Å². The largest absolute Gasteiger partial charge is 0.464 e. The summed E-state index contributed by atoms with van der Waals surface area (Å²) in [6, 6.07) is 18.0.